The summed E-state index contributed by atoms with van der Waals surface area (Å²) in [5, 5.41) is 18.9. The quantitative estimate of drug-likeness (QED) is 0.287. The predicted octanol–water partition coefficient (Wildman–Crippen LogP) is 3.10. The minimum absolute atomic E-state index is 0.154. The van der Waals surface area contributed by atoms with E-state index in [9.17, 15) is 0 Å². The summed E-state index contributed by atoms with van der Waals surface area (Å²) in [6.07, 6.45) is 5.28. The minimum Gasteiger partial charge on any atom is -0.491 e. The lowest BCUT2D eigenvalue weighted by atomic mass is 9.80. The summed E-state index contributed by atoms with van der Waals surface area (Å²) in [7, 11) is -1.38. The second-order valence-electron chi connectivity index (χ2n) is 7.32. The first-order valence-electron chi connectivity index (χ1n) is 9.96. The predicted molar refractivity (Wildman–Crippen MR) is 126 cm³/mol. The van der Waals surface area contributed by atoms with Crippen LogP contribution in [0.25, 0.3) is 27.8 Å². The lowest BCUT2D eigenvalue weighted by Gasteiger charge is -2.10. The molecule has 0 saturated carbocycles. The van der Waals surface area contributed by atoms with Crippen LogP contribution in [0.3, 0.4) is 0 Å². The fourth-order valence-electron chi connectivity index (χ4n) is 3.17. The third-order valence-corrected chi connectivity index (χ3v) is 4.81. The molecule has 0 aliphatic rings. The summed E-state index contributed by atoms with van der Waals surface area (Å²) < 4.78 is 7.48. The number of nitrogens with zero attached hydrogens (tertiary/aromatic N) is 4. The molecule has 10 heteroatoms. The second-order valence-corrected chi connectivity index (χ2v) is 7.66. The van der Waals surface area contributed by atoms with Gasteiger partial charge in [-0.3, -0.25) is 4.57 Å². The average Bonchev–Trinajstić information content (AvgIpc) is 3.40. The Bertz CT molecular complexity index is 1330. The smallest absolute Gasteiger partial charge is 0.488 e. The normalized spacial score (nSPS) is 10.9. The van der Waals surface area contributed by atoms with Gasteiger partial charge >= 0.3 is 7.12 Å². The number of rotatable bonds is 4. The zero-order valence-electron chi connectivity index (χ0n) is 17.5. The molecule has 0 aliphatic heterocycles. The molecule has 32 heavy (non-hydrogen) atoms. The third kappa shape index (κ3) is 4.91. The highest BCUT2D eigenvalue weighted by Crippen LogP contribution is 2.20. The summed E-state index contributed by atoms with van der Waals surface area (Å²) >= 11 is 5.83. The van der Waals surface area contributed by atoms with Crippen molar-refractivity contribution in [2.75, 3.05) is 0 Å². The number of hydrogen-bond acceptors (Lipinski definition) is 6. The van der Waals surface area contributed by atoms with Crippen LogP contribution in [-0.4, -0.2) is 47.8 Å². The standard InChI is InChI=1S/C14H13ClN4O.C8H8BNO2/c1-9(2)20-11-5-3-10(4-6-11)19-8-17-12-7-16-14(15)18-13(12)19;11-9(12)7-1-2-8-6(5-7)3-4-10-8/h3-9H,1-2H3;1-5,10-12H. The molecule has 0 saturated heterocycles. The zero-order valence-corrected chi connectivity index (χ0v) is 18.2. The molecular formula is C22H21BClN5O3. The van der Waals surface area contributed by atoms with Gasteiger partial charge in [-0.25, -0.2) is 9.97 Å². The molecule has 0 spiro atoms. The fraction of sp³-hybridized carbons (Fsp3) is 0.136. The van der Waals surface area contributed by atoms with Crippen molar-refractivity contribution in [3.05, 3.63) is 72.5 Å². The van der Waals surface area contributed by atoms with Crippen molar-refractivity contribution in [1.29, 1.82) is 0 Å². The van der Waals surface area contributed by atoms with Gasteiger partial charge in [0.05, 0.1) is 12.3 Å². The maximum atomic E-state index is 8.87. The van der Waals surface area contributed by atoms with Crippen LogP contribution < -0.4 is 10.2 Å². The van der Waals surface area contributed by atoms with Gasteiger partial charge in [0.1, 0.15) is 17.6 Å². The fourth-order valence-corrected chi connectivity index (χ4v) is 3.30. The molecule has 0 radical (unpaired) electrons. The molecule has 3 heterocycles. The van der Waals surface area contributed by atoms with Gasteiger partial charge in [-0.2, -0.15) is 4.98 Å². The zero-order chi connectivity index (χ0) is 22.7. The van der Waals surface area contributed by atoms with Crippen LogP contribution in [0.4, 0.5) is 0 Å². The summed E-state index contributed by atoms with van der Waals surface area (Å²) in [6.45, 7) is 3.99. The molecule has 0 amide bonds. The molecule has 0 atom stereocenters. The number of nitrogens with one attached hydrogen (secondary N) is 1. The van der Waals surface area contributed by atoms with Crippen molar-refractivity contribution in [2.24, 2.45) is 0 Å². The van der Waals surface area contributed by atoms with Crippen molar-refractivity contribution >= 4 is 46.2 Å². The van der Waals surface area contributed by atoms with E-state index in [1.54, 1.807) is 24.7 Å². The van der Waals surface area contributed by atoms with Gasteiger partial charge in [0.25, 0.3) is 0 Å². The van der Waals surface area contributed by atoms with Crippen molar-refractivity contribution in [3.8, 4) is 11.4 Å². The van der Waals surface area contributed by atoms with Crippen LogP contribution in [0.15, 0.2) is 67.3 Å². The molecule has 0 aliphatic carbocycles. The van der Waals surface area contributed by atoms with E-state index in [1.165, 1.54) is 0 Å². The first-order chi connectivity index (χ1) is 15.4. The van der Waals surface area contributed by atoms with Crippen molar-refractivity contribution in [3.63, 3.8) is 0 Å². The van der Waals surface area contributed by atoms with Crippen molar-refractivity contribution < 1.29 is 14.8 Å². The van der Waals surface area contributed by atoms with Crippen molar-refractivity contribution in [1.82, 2.24) is 24.5 Å². The van der Waals surface area contributed by atoms with Crippen molar-refractivity contribution in [2.45, 2.75) is 20.0 Å². The summed E-state index contributed by atoms with van der Waals surface area (Å²) in [5.41, 5.74) is 3.85. The number of aromatic nitrogens is 5. The van der Waals surface area contributed by atoms with Gasteiger partial charge in [0.2, 0.25) is 5.28 Å². The van der Waals surface area contributed by atoms with Gasteiger partial charge in [-0.05, 0) is 72.7 Å². The Morgan fingerprint density at radius 1 is 1.06 bits per heavy atom. The van der Waals surface area contributed by atoms with Crippen LogP contribution in [0.1, 0.15) is 13.8 Å². The molecule has 8 nitrogen and oxygen atoms in total. The van der Waals surface area contributed by atoms with E-state index < -0.39 is 7.12 Å². The van der Waals surface area contributed by atoms with E-state index in [2.05, 4.69) is 19.9 Å². The number of aromatic amines is 1. The number of fused-ring (bicyclic) bond motifs is 2. The SMILES string of the molecule is CC(C)Oc1ccc(-n2cnc3cnc(Cl)nc32)cc1.OB(O)c1ccc2[nH]ccc2c1. The topological polar surface area (TPSA) is 109 Å². The molecule has 0 unspecified atom stereocenters. The average molecular weight is 450 g/mol. The van der Waals surface area contributed by atoms with E-state index in [0.717, 1.165) is 22.3 Å². The van der Waals surface area contributed by atoms with E-state index in [1.807, 2.05) is 61.0 Å². The molecule has 2 aromatic carbocycles. The molecule has 5 rings (SSSR count). The van der Waals surface area contributed by atoms with Crippen LogP contribution in [0.2, 0.25) is 5.28 Å². The third-order valence-electron chi connectivity index (χ3n) is 4.62. The number of hydrogen-bond donors (Lipinski definition) is 3. The highest BCUT2D eigenvalue weighted by atomic mass is 35.5. The first kappa shape index (κ1) is 21.8. The van der Waals surface area contributed by atoms with Gasteiger partial charge < -0.3 is 19.8 Å². The largest absolute Gasteiger partial charge is 0.491 e. The minimum atomic E-state index is -1.38. The lowest BCUT2D eigenvalue weighted by Crippen LogP contribution is -2.29. The van der Waals surface area contributed by atoms with Gasteiger partial charge in [0, 0.05) is 17.4 Å². The monoisotopic (exact) mass is 449 g/mol. The second kappa shape index (κ2) is 9.39. The van der Waals surface area contributed by atoms with E-state index in [0.29, 0.717) is 16.6 Å². The van der Waals surface area contributed by atoms with E-state index >= 15 is 0 Å². The van der Waals surface area contributed by atoms with E-state index in [-0.39, 0.29) is 11.4 Å². The molecule has 3 N–H and O–H groups in total. The summed E-state index contributed by atoms with van der Waals surface area (Å²) in [4.78, 5) is 15.4. The molecule has 0 bridgehead atoms. The highest BCUT2D eigenvalue weighted by molar-refractivity contribution is 6.58. The number of ether oxygens (including phenoxy) is 1. The molecule has 162 valence electrons. The number of benzene rings is 2. The summed E-state index contributed by atoms with van der Waals surface area (Å²) in [5.74, 6) is 0.834. The Balaban J connectivity index is 0.000000174. The van der Waals surface area contributed by atoms with Crippen LogP contribution in [0.5, 0.6) is 5.75 Å². The first-order valence-corrected chi connectivity index (χ1v) is 10.3. The highest BCUT2D eigenvalue weighted by Gasteiger charge is 2.10. The number of imidazole rings is 1. The molecule has 3 aromatic heterocycles. The van der Waals surface area contributed by atoms with Crippen LogP contribution in [0, 0.1) is 0 Å². The molecule has 5 aromatic rings. The van der Waals surface area contributed by atoms with Crippen LogP contribution >= 0.6 is 11.6 Å². The Morgan fingerprint density at radius 2 is 1.84 bits per heavy atom. The molecule has 0 fully saturated rings. The van der Waals surface area contributed by atoms with Gasteiger partial charge in [-0.15, -0.1) is 0 Å². The Kier molecular flexibility index (Phi) is 6.41. The van der Waals surface area contributed by atoms with Crippen LogP contribution in [-0.2, 0) is 0 Å². The van der Waals surface area contributed by atoms with Gasteiger partial charge in [-0.1, -0.05) is 12.1 Å². The molecular weight excluding hydrogens is 429 g/mol. The number of halogens is 1. The van der Waals surface area contributed by atoms with E-state index in [4.69, 9.17) is 26.4 Å². The number of H-pyrrole nitrogens is 1. The Labute approximate surface area is 189 Å². The lowest BCUT2D eigenvalue weighted by molar-refractivity contribution is 0.242. The summed E-state index contributed by atoms with van der Waals surface area (Å²) in [6, 6.07) is 14.9. The Morgan fingerprint density at radius 3 is 2.56 bits per heavy atom. The maximum absolute atomic E-state index is 8.87. The Hall–Kier alpha value is -3.40. The maximum Gasteiger partial charge on any atom is 0.488 e. The van der Waals surface area contributed by atoms with Gasteiger partial charge in [0.15, 0.2) is 5.65 Å².